The summed E-state index contributed by atoms with van der Waals surface area (Å²) in [5.41, 5.74) is 17.5. The van der Waals surface area contributed by atoms with Crippen LogP contribution in [0.5, 0.6) is 5.75 Å². The Bertz CT molecular complexity index is 2380. The molecule has 0 amide bonds. The monoisotopic (exact) mass is 661 g/mol. The molecule has 248 valence electrons. The van der Waals surface area contributed by atoms with Crippen molar-refractivity contribution in [2.24, 2.45) is 0 Å². The minimum Gasteiger partial charge on any atom is -0.497 e. The van der Waals surface area contributed by atoms with Gasteiger partial charge >= 0.3 is 0 Å². The third-order valence-electron chi connectivity index (χ3n) is 9.77. The Labute approximate surface area is 300 Å². The first kappa shape index (κ1) is 31.9. The van der Waals surface area contributed by atoms with Crippen LogP contribution < -0.4 is 9.64 Å². The molecule has 0 N–H and O–H groups in total. The summed E-state index contributed by atoms with van der Waals surface area (Å²) in [5.74, 6) is 0.840. The fraction of sp³-hybridized carbons (Fsp3) is 0.0833. The van der Waals surface area contributed by atoms with Gasteiger partial charge in [0.2, 0.25) is 0 Å². The van der Waals surface area contributed by atoms with Crippen molar-refractivity contribution in [2.75, 3.05) is 19.1 Å². The SMILES string of the molecule is COc1ccc(/C(=C\c2ccc3c(c2)-c2cocc2-c2cc(C=C(Cc4ccccc4)c4cccc(C)c4)ccc2N3C)c2ccccc2)cc1. The van der Waals surface area contributed by atoms with Crippen molar-refractivity contribution in [3.63, 3.8) is 0 Å². The minimum absolute atomic E-state index is 0.840. The van der Waals surface area contributed by atoms with Crippen molar-refractivity contribution < 1.29 is 9.15 Å². The number of rotatable bonds is 8. The maximum absolute atomic E-state index is 5.97. The largest absolute Gasteiger partial charge is 0.497 e. The van der Waals surface area contributed by atoms with Crippen molar-refractivity contribution >= 4 is 34.7 Å². The lowest BCUT2D eigenvalue weighted by molar-refractivity contribution is 0.415. The minimum atomic E-state index is 0.840. The van der Waals surface area contributed by atoms with Gasteiger partial charge in [-0.25, -0.2) is 0 Å². The van der Waals surface area contributed by atoms with E-state index in [2.05, 4.69) is 164 Å². The van der Waals surface area contributed by atoms with Gasteiger partial charge in [-0.15, -0.1) is 0 Å². The molecule has 1 aromatic heterocycles. The summed E-state index contributed by atoms with van der Waals surface area (Å²) in [4.78, 5) is 2.30. The van der Waals surface area contributed by atoms with Crippen LogP contribution >= 0.6 is 0 Å². The molecule has 0 saturated heterocycles. The van der Waals surface area contributed by atoms with Crippen LogP contribution in [0, 0.1) is 6.92 Å². The smallest absolute Gasteiger partial charge is 0.118 e. The van der Waals surface area contributed by atoms with Crippen molar-refractivity contribution in [3.8, 4) is 28.0 Å². The van der Waals surface area contributed by atoms with E-state index < -0.39 is 0 Å². The van der Waals surface area contributed by atoms with Crippen LogP contribution in [-0.2, 0) is 6.42 Å². The van der Waals surface area contributed by atoms with Gasteiger partial charge in [0.05, 0.1) is 19.6 Å². The van der Waals surface area contributed by atoms with Gasteiger partial charge in [-0.1, -0.05) is 121 Å². The molecule has 1 aliphatic heterocycles. The molecule has 7 aromatic rings. The molecule has 0 radical (unpaired) electrons. The molecule has 2 heterocycles. The fourth-order valence-electron chi connectivity index (χ4n) is 7.13. The highest BCUT2D eigenvalue weighted by Crippen LogP contribution is 2.48. The van der Waals surface area contributed by atoms with Crippen molar-refractivity contribution in [1.29, 1.82) is 0 Å². The van der Waals surface area contributed by atoms with Crippen LogP contribution in [0.25, 0.3) is 45.6 Å². The highest BCUT2D eigenvalue weighted by Gasteiger charge is 2.25. The van der Waals surface area contributed by atoms with E-state index in [1.807, 2.05) is 24.7 Å². The molecule has 51 heavy (non-hydrogen) atoms. The van der Waals surface area contributed by atoms with Gasteiger partial charge < -0.3 is 14.1 Å². The zero-order chi connectivity index (χ0) is 34.7. The molecule has 0 atom stereocenters. The topological polar surface area (TPSA) is 25.6 Å². The van der Waals surface area contributed by atoms with Crippen LogP contribution in [0.2, 0.25) is 0 Å². The average Bonchev–Trinajstić information content (AvgIpc) is 3.64. The number of nitrogens with zero attached hydrogens (tertiary/aromatic N) is 1. The Balaban J connectivity index is 1.22. The Morgan fingerprint density at radius 3 is 1.80 bits per heavy atom. The summed E-state index contributed by atoms with van der Waals surface area (Å²) in [6.07, 6.45) is 9.25. The second-order valence-electron chi connectivity index (χ2n) is 13.2. The Kier molecular flexibility index (Phi) is 8.69. The molecule has 6 aromatic carbocycles. The van der Waals surface area contributed by atoms with E-state index in [1.165, 1.54) is 22.3 Å². The lowest BCUT2D eigenvalue weighted by Crippen LogP contribution is -2.10. The molecule has 0 saturated carbocycles. The van der Waals surface area contributed by atoms with Gasteiger partial charge in [-0.3, -0.25) is 0 Å². The second-order valence-corrected chi connectivity index (χ2v) is 13.2. The molecular weight excluding hydrogens is 623 g/mol. The summed E-state index contributed by atoms with van der Waals surface area (Å²) in [7, 11) is 3.86. The number of hydrogen-bond donors (Lipinski definition) is 0. The third-order valence-corrected chi connectivity index (χ3v) is 9.77. The van der Waals surface area contributed by atoms with Crippen LogP contribution in [-0.4, -0.2) is 14.2 Å². The van der Waals surface area contributed by atoms with Crippen molar-refractivity contribution in [1.82, 2.24) is 0 Å². The van der Waals surface area contributed by atoms with Gasteiger partial charge in [0.25, 0.3) is 0 Å². The van der Waals surface area contributed by atoms with Gasteiger partial charge in [-0.2, -0.15) is 0 Å². The van der Waals surface area contributed by atoms with Crippen LogP contribution in [0.15, 0.2) is 163 Å². The summed E-state index contributed by atoms with van der Waals surface area (Å²) in [6.45, 7) is 2.16. The first-order valence-corrected chi connectivity index (χ1v) is 17.4. The molecule has 8 rings (SSSR count). The molecule has 0 fully saturated rings. The second kappa shape index (κ2) is 13.9. The predicted molar refractivity (Wildman–Crippen MR) is 213 cm³/mol. The lowest BCUT2D eigenvalue weighted by Gasteiger charge is -2.23. The van der Waals surface area contributed by atoms with E-state index in [0.717, 1.165) is 73.6 Å². The van der Waals surface area contributed by atoms with E-state index in [4.69, 9.17) is 9.15 Å². The fourth-order valence-corrected chi connectivity index (χ4v) is 7.13. The molecule has 0 spiro atoms. The van der Waals surface area contributed by atoms with E-state index in [9.17, 15) is 0 Å². The molecule has 0 aliphatic carbocycles. The number of benzene rings is 6. The number of aryl methyl sites for hydroxylation is 1. The normalized spacial score (nSPS) is 12.5. The van der Waals surface area contributed by atoms with Gasteiger partial charge in [0.1, 0.15) is 5.75 Å². The summed E-state index contributed by atoms with van der Waals surface area (Å²) < 4.78 is 11.4. The molecule has 1 aliphatic rings. The Morgan fingerprint density at radius 1 is 0.588 bits per heavy atom. The molecule has 0 unspecified atom stereocenters. The number of furan rings is 1. The van der Waals surface area contributed by atoms with Crippen LogP contribution in [0.1, 0.15) is 38.9 Å². The number of hydrogen-bond acceptors (Lipinski definition) is 3. The van der Waals surface area contributed by atoms with E-state index in [-0.39, 0.29) is 0 Å². The molecule has 3 heteroatoms. The average molecular weight is 662 g/mol. The van der Waals surface area contributed by atoms with E-state index >= 15 is 0 Å². The predicted octanol–water partition coefficient (Wildman–Crippen LogP) is 12.4. The van der Waals surface area contributed by atoms with Gasteiger partial charge in [0, 0.05) is 40.7 Å². The van der Waals surface area contributed by atoms with Crippen LogP contribution in [0.3, 0.4) is 0 Å². The van der Waals surface area contributed by atoms with E-state index in [1.54, 1.807) is 7.11 Å². The quantitative estimate of drug-likeness (QED) is 0.152. The first-order valence-electron chi connectivity index (χ1n) is 17.4. The highest BCUT2D eigenvalue weighted by molar-refractivity contribution is 6.01. The standard InChI is InChI=1S/C48H39NO2/c1-33-11-10-16-39(25-33)40(26-34-12-6-4-7-13-34)27-35-17-23-47-43(29-35)45-31-51-32-46(45)44-30-36(18-24-48(44)49(47)2)28-42(37-14-8-5-9-15-37)38-19-21-41(50-3)22-20-38/h4-25,27-32H,26H2,1-3H3/b40-27?,42-28-. The van der Waals surface area contributed by atoms with Crippen molar-refractivity contribution in [2.45, 2.75) is 13.3 Å². The first-order chi connectivity index (χ1) is 25.0. The van der Waals surface area contributed by atoms with Crippen molar-refractivity contribution in [3.05, 3.63) is 197 Å². The zero-order valence-corrected chi connectivity index (χ0v) is 29.1. The van der Waals surface area contributed by atoms with E-state index in [0.29, 0.717) is 0 Å². The lowest BCUT2D eigenvalue weighted by atomic mass is 9.92. The number of ether oxygens (including phenoxy) is 1. The maximum Gasteiger partial charge on any atom is 0.118 e. The summed E-state index contributed by atoms with van der Waals surface area (Å²) >= 11 is 0. The highest BCUT2D eigenvalue weighted by atomic mass is 16.5. The Hall–Kier alpha value is -6.32. The maximum atomic E-state index is 5.97. The Morgan fingerprint density at radius 2 is 1.18 bits per heavy atom. The van der Waals surface area contributed by atoms with Gasteiger partial charge in [-0.05, 0) is 100 Å². The molecule has 3 nitrogen and oxygen atoms in total. The zero-order valence-electron chi connectivity index (χ0n) is 29.1. The number of anilines is 2. The number of fused-ring (bicyclic) bond motifs is 5. The number of allylic oxidation sites excluding steroid dienone is 1. The summed E-state index contributed by atoms with van der Waals surface area (Å²) in [5, 5.41) is 0. The third kappa shape index (κ3) is 6.54. The summed E-state index contributed by atoms with van der Waals surface area (Å²) in [6, 6.07) is 51.8. The molecule has 0 bridgehead atoms. The van der Waals surface area contributed by atoms with Gasteiger partial charge in [0.15, 0.2) is 0 Å². The molecular formula is C48H39NO2. The number of methoxy groups -OCH3 is 1. The van der Waals surface area contributed by atoms with Crippen LogP contribution in [0.4, 0.5) is 11.4 Å².